The van der Waals surface area contributed by atoms with Crippen molar-refractivity contribution in [2.45, 2.75) is 6.54 Å². The van der Waals surface area contributed by atoms with E-state index >= 15 is 0 Å². The van der Waals surface area contributed by atoms with E-state index in [1.54, 1.807) is 26.5 Å². The standard InChI is InChI=1S/C21H19N3O3/c1-25-20-9-7-15(11-21(20)26-2)13-23-24-14-17-8-10-19(27-17)18-6-4-3-5-16(18)12-22/h3-11,14,23H,13H2,1-2H3/b24-14-. The summed E-state index contributed by atoms with van der Waals surface area (Å²) in [6.07, 6.45) is 1.60. The Morgan fingerprint density at radius 3 is 2.67 bits per heavy atom. The Labute approximate surface area is 157 Å². The van der Waals surface area contributed by atoms with Crippen molar-refractivity contribution in [2.24, 2.45) is 5.10 Å². The van der Waals surface area contributed by atoms with Gasteiger partial charge in [0, 0.05) is 5.56 Å². The predicted octanol–water partition coefficient (Wildman–Crippen LogP) is 3.96. The third-order valence-corrected chi connectivity index (χ3v) is 3.95. The average molecular weight is 361 g/mol. The molecule has 0 radical (unpaired) electrons. The number of nitrogens with zero attached hydrogens (tertiary/aromatic N) is 2. The molecule has 1 heterocycles. The van der Waals surface area contributed by atoms with Crippen molar-refractivity contribution < 1.29 is 13.9 Å². The summed E-state index contributed by atoms with van der Waals surface area (Å²) in [5.74, 6) is 2.59. The summed E-state index contributed by atoms with van der Waals surface area (Å²) >= 11 is 0. The van der Waals surface area contributed by atoms with Gasteiger partial charge in [-0.2, -0.15) is 10.4 Å². The van der Waals surface area contributed by atoms with E-state index in [-0.39, 0.29) is 0 Å². The molecule has 27 heavy (non-hydrogen) atoms. The van der Waals surface area contributed by atoms with Gasteiger partial charge in [0.1, 0.15) is 11.5 Å². The largest absolute Gasteiger partial charge is 0.493 e. The van der Waals surface area contributed by atoms with Crippen LogP contribution in [0.25, 0.3) is 11.3 Å². The van der Waals surface area contributed by atoms with Crippen LogP contribution in [0.3, 0.4) is 0 Å². The number of methoxy groups -OCH3 is 2. The first-order valence-electron chi connectivity index (χ1n) is 8.31. The second-order valence-electron chi connectivity index (χ2n) is 5.64. The molecule has 6 heteroatoms. The highest BCUT2D eigenvalue weighted by Crippen LogP contribution is 2.27. The van der Waals surface area contributed by atoms with Gasteiger partial charge in [0.25, 0.3) is 0 Å². The minimum Gasteiger partial charge on any atom is -0.493 e. The van der Waals surface area contributed by atoms with Gasteiger partial charge in [-0.05, 0) is 42.0 Å². The fraction of sp³-hybridized carbons (Fsp3) is 0.143. The molecule has 0 aliphatic heterocycles. The first-order valence-corrected chi connectivity index (χ1v) is 8.31. The smallest absolute Gasteiger partial charge is 0.161 e. The molecular formula is C21H19N3O3. The van der Waals surface area contributed by atoms with Crippen LogP contribution in [0.5, 0.6) is 11.5 Å². The van der Waals surface area contributed by atoms with Gasteiger partial charge in [-0.1, -0.05) is 18.2 Å². The molecule has 6 nitrogen and oxygen atoms in total. The second-order valence-corrected chi connectivity index (χ2v) is 5.64. The van der Waals surface area contributed by atoms with Crippen molar-refractivity contribution in [2.75, 3.05) is 14.2 Å². The number of hydrogen-bond donors (Lipinski definition) is 1. The maximum Gasteiger partial charge on any atom is 0.161 e. The van der Waals surface area contributed by atoms with E-state index in [2.05, 4.69) is 16.6 Å². The number of hydrazone groups is 1. The Kier molecular flexibility index (Phi) is 5.75. The lowest BCUT2D eigenvalue weighted by Crippen LogP contribution is -2.05. The Bertz CT molecular complexity index is 986. The Hall–Kier alpha value is -3.72. The average Bonchev–Trinajstić information content (AvgIpc) is 3.19. The summed E-state index contributed by atoms with van der Waals surface area (Å²) in [7, 11) is 3.21. The number of nitrogens with one attached hydrogen (secondary N) is 1. The lowest BCUT2D eigenvalue weighted by atomic mass is 10.1. The van der Waals surface area contributed by atoms with Crippen LogP contribution in [0, 0.1) is 11.3 Å². The van der Waals surface area contributed by atoms with E-state index in [9.17, 15) is 5.26 Å². The molecule has 0 spiro atoms. The number of ether oxygens (including phenoxy) is 2. The molecule has 1 N–H and O–H groups in total. The molecule has 0 saturated heterocycles. The van der Waals surface area contributed by atoms with Crippen LogP contribution in [0.2, 0.25) is 0 Å². The lowest BCUT2D eigenvalue weighted by molar-refractivity contribution is 0.354. The van der Waals surface area contributed by atoms with E-state index < -0.39 is 0 Å². The zero-order valence-electron chi connectivity index (χ0n) is 15.1. The van der Waals surface area contributed by atoms with Crippen LogP contribution in [0.15, 0.2) is 64.1 Å². The second kappa shape index (κ2) is 8.59. The van der Waals surface area contributed by atoms with Gasteiger partial charge < -0.3 is 19.3 Å². The molecule has 0 aliphatic rings. The minimum absolute atomic E-state index is 0.529. The Morgan fingerprint density at radius 2 is 1.89 bits per heavy atom. The fourth-order valence-electron chi connectivity index (χ4n) is 2.60. The van der Waals surface area contributed by atoms with Crippen LogP contribution in [0.1, 0.15) is 16.9 Å². The molecule has 3 rings (SSSR count). The predicted molar refractivity (Wildman–Crippen MR) is 103 cm³/mol. The quantitative estimate of drug-likeness (QED) is 0.509. The highest BCUT2D eigenvalue weighted by atomic mass is 16.5. The van der Waals surface area contributed by atoms with Gasteiger partial charge in [0.2, 0.25) is 0 Å². The van der Waals surface area contributed by atoms with Crippen molar-refractivity contribution in [3.05, 3.63) is 71.5 Å². The molecule has 136 valence electrons. The summed E-state index contributed by atoms with van der Waals surface area (Å²) in [5.41, 5.74) is 5.31. The third kappa shape index (κ3) is 4.28. The maximum absolute atomic E-state index is 9.19. The van der Waals surface area contributed by atoms with E-state index in [4.69, 9.17) is 13.9 Å². The number of hydrogen-bond acceptors (Lipinski definition) is 6. The zero-order chi connectivity index (χ0) is 19.1. The first kappa shape index (κ1) is 18.1. The molecule has 1 aromatic heterocycles. The van der Waals surface area contributed by atoms with Crippen LogP contribution in [-0.2, 0) is 6.54 Å². The van der Waals surface area contributed by atoms with Gasteiger partial charge in [-0.3, -0.25) is 0 Å². The molecule has 2 aromatic carbocycles. The monoisotopic (exact) mass is 361 g/mol. The summed E-state index contributed by atoms with van der Waals surface area (Å²) in [5, 5.41) is 13.4. The first-order chi connectivity index (χ1) is 13.2. The molecule has 0 bridgehead atoms. The van der Waals surface area contributed by atoms with E-state index in [1.165, 1.54) is 0 Å². The van der Waals surface area contributed by atoms with Crippen LogP contribution in [-0.4, -0.2) is 20.4 Å². The van der Waals surface area contributed by atoms with Gasteiger partial charge in [0.05, 0.1) is 38.6 Å². The number of furan rings is 1. The third-order valence-electron chi connectivity index (χ3n) is 3.95. The molecule has 0 aliphatic carbocycles. The van der Waals surface area contributed by atoms with Crippen LogP contribution in [0.4, 0.5) is 0 Å². The normalized spacial score (nSPS) is 10.6. The van der Waals surface area contributed by atoms with Crippen molar-refractivity contribution in [3.63, 3.8) is 0 Å². The van der Waals surface area contributed by atoms with E-state index in [0.717, 1.165) is 11.1 Å². The Balaban J connectivity index is 1.63. The summed E-state index contributed by atoms with van der Waals surface area (Å²) in [6.45, 7) is 0.529. The topological polar surface area (TPSA) is 79.8 Å². The summed E-state index contributed by atoms with van der Waals surface area (Å²) in [6, 6.07) is 18.8. The maximum atomic E-state index is 9.19. The Morgan fingerprint density at radius 1 is 1.07 bits per heavy atom. The zero-order valence-corrected chi connectivity index (χ0v) is 15.1. The summed E-state index contributed by atoms with van der Waals surface area (Å²) < 4.78 is 16.3. The van der Waals surface area contributed by atoms with Gasteiger partial charge in [0.15, 0.2) is 11.5 Å². The van der Waals surface area contributed by atoms with Crippen LogP contribution < -0.4 is 14.9 Å². The summed E-state index contributed by atoms with van der Waals surface area (Å²) in [4.78, 5) is 0. The lowest BCUT2D eigenvalue weighted by Gasteiger charge is -2.09. The fourth-order valence-corrected chi connectivity index (χ4v) is 2.60. The van der Waals surface area contributed by atoms with Crippen molar-refractivity contribution >= 4 is 6.21 Å². The highest BCUT2D eigenvalue weighted by molar-refractivity contribution is 5.78. The van der Waals surface area contributed by atoms with Gasteiger partial charge >= 0.3 is 0 Å². The molecule has 0 fully saturated rings. The number of benzene rings is 2. The van der Waals surface area contributed by atoms with Crippen molar-refractivity contribution in [1.29, 1.82) is 5.26 Å². The van der Waals surface area contributed by atoms with Crippen molar-refractivity contribution in [1.82, 2.24) is 5.43 Å². The van der Waals surface area contributed by atoms with Crippen molar-refractivity contribution in [3.8, 4) is 28.9 Å². The SMILES string of the molecule is COc1ccc(CN/N=C\c2ccc(-c3ccccc3C#N)o2)cc1OC. The highest BCUT2D eigenvalue weighted by Gasteiger charge is 2.08. The molecule has 0 atom stereocenters. The minimum atomic E-state index is 0.529. The number of rotatable bonds is 7. The van der Waals surface area contributed by atoms with Gasteiger partial charge in [-0.25, -0.2) is 0 Å². The number of nitriles is 1. The van der Waals surface area contributed by atoms with Gasteiger partial charge in [-0.15, -0.1) is 0 Å². The molecule has 3 aromatic rings. The molecule has 0 amide bonds. The molecule has 0 unspecified atom stereocenters. The van der Waals surface area contributed by atoms with E-state index in [0.29, 0.717) is 35.1 Å². The molecular weight excluding hydrogens is 342 g/mol. The van der Waals surface area contributed by atoms with E-state index in [1.807, 2.05) is 48.5 Å². The van der Waals surface area contributed by atoms with Crippen LogP contribution >= 0.6 is 0 Å². The molecule has 0 saturated carbocycles.